The zero-order valence-electron chi connectivity index (χ0n) is 10.3. The summed E-state index contributed by atoms with van der Waals surface area (Å²) >= 11 is 4.76. The van der Waals surface area contributed by atoms with Gasteiger partial charge in [0.15, 0.2) is 5.13 Å². The summed E-state index contributed by atoms with van der Waals surface area (Å²) < 4.78 is 1.84. The number of nitrogen functional groups attached to an aromatic ring is 1. The quantitative estimate of drug-likeness (QED) is 0.691. The fraction of sp³-hybridized carbons (Fsp3) is 0. The zero-order valence-corrected chi connectivity index (χ0v) is 12.7. The van der Waals surface area contributed by atoms with E-state index in [4.69, 9.17) is 5.73 Å². The van der Waals surface area contributed by atoms with Crippen LogP contribution < -0.4 is 11.1 Å². The van der Waals surface area contributed by atoms with Gasteiger partial charge in [0.2, 0.25) is 0 Å². The molecule has 6 heteroatoms. The third-order valence-corrected chi connectivity index (χ3v) is 4.22. The number of rotatable bonds is 2. The summed E-state index contributed by atoms with van der Waals surface area (Å²) in [4.78, 5) is 16.6. The monoisotopic (exact) mass is 347 g/mol. The van der Waals surface area contributed by atoms with Crippen LogP contribution >= 0.6 is 27.3 Å². The second-order valence-electron chi connectivity index (χ2n) is 4.17. The van der Waals surface area contributed by atoms with E-state index in [1.807, 2.05) is 24.3 Å². The van der Waals surface area contributed by atoms with E-state index in [1.54, 1.807) is 18.2 Å². The number of amides is 1. The summed E-state index contributed by atoms with van der Waals surface area (Å²) in [5.74, 6) is -0.261. The minimum atomic E-state index is -0.261. The van der Waals surface area contributed by atoms with E-state index in [9.17, 15) is 4.79 Å². The lowest BCUT2D eigenvalue weighted by Crippen LogP contribution is -2.13. The minimum Gasteiger partial charge on any atom is -0.398 e. The van der Waals surface area contributed by atoms with Gasteiger partial charge in [-0.1, -0.05) is 39.4 Å². The molecule has 2 aromatic carbocycles. The zero-order chi connectivity index (χ0) is 14.1. The first-order valence-corrected chi connectivity index (χ1v) is 7.46. The van der Waals surface area contributed by atoms with Crippen LogP contribution in [-0.2, 0) is 0 Å². The summed E-state index contributed by atoms with van der Waals surface area (Å²) in [5.41, 5.74) is 7.56. The molecule has 0 bridgehead atoms. The van der Waals surface area contributed by atoms with Crippen molar-refractivity contribution in [2.45, 2.75) is 0 Å². The van der Waals surface area contributed by atoms with Crippen molar-refractivity contribution in [1.82, 2.24) is 4.98 Å². The molecule has 4 nitrogen and oxygen atoms in total. The lowest BCUT2D eigenvalue weighted by Gasteiger charge is -2.05. The van der Waals surface area contributed by atoms with Crippen LogP contribution in [0.1, 0.15) is 10.4 Å². The molecule has 1 heterocycles. The van der Waals surface area contributed by atoms with Gasteiger partial charge < -0.3 is 5.73 Å². The van der Waals surface area contributed by atoms with E-state index in [0.717, 1.165) is 14.7 Å². The van der Waals surface area contributed by atoms with E-state index in [0.29, 0.717) is 16.4 Å². The molecule has 1 amide bonds. The smallest absolute Gasteiger partial charge is 0.259 e. The molecular weight excluding hydrogens is 338 g/mol. The Balaban J connectivity index is 1.90. The molecule has 100 valence electrons. The molecule has 0 spiro atoms. The molecule has 3 aromatic rings. The van der Waals surface area contributed by atoms with Gasteiger partial charge in [-0.25, -0.2) is 4.98 Å². The molecule has 0 fully saturated rings. The molecule has 3 N–H and O–H groups in total. The SMILES string of the molecule is Nc1ccc(Br)cc1C(=O)Nc1nc2ccccc2s1. The maximum atomic E-state index is 12.2. The van der Waals surface area contributed by atoms with Crippen LogP contribution in [0.15, 0.2) is 46.9 Å². The summed E-state index contributed by atoms with van der Waals surface area (Å²) in [6.07, 6.45) is 0. The van der Waals surface area contributed by atoms with E-state index < -0.39 is 0 Å². The Bertz CT molecular complexity index is 767. The molecule has 0 aliphatic heterocycles. The lowest BCUT2D eigenvalue weighted by atomic mass is 10.2. The van der Waals surface area contributed by atoms with Crippen molar-refractivity contribution in [2.24, 2.45) is 0 Å². The molecule has 3 rings (SSSR count). The van der Waals surface area contributed by atoms with E-state index in [1.165, 1.54) is 11.3 Å². The lowest BCUT2D eigenvalue weighted by molar-refractivity contribution is 0.102. The first kappa shape index (κ1) is 13.1. The number of hydrogen-bond acceptors (Lipinski definition) is 4. The van der Waals surface area contributed by atoms with Crippen molar-refractivity contribution in [3.05, 3.63) is 52.5 Å². The van der Waals surface area contributed by atoms with Gasteiger partial charge in [-0.15, -0.1) is 0 Å². The number of fused-ring (bicyclic) bond motifs is 1. The fourth-order valence-corrected chi connectivity index (χ4v) is 3.04. The van der Waals surface area contributed by atoms with Crippen molar-refractivity contribution in [2.75, 3.05) is 11.1 Å². The number of nitrogens with zero attached hydrogens (tertiary/aromatic N) is 1. The molecule has 0 unspecified atom stereocenters. The Labute approximate surface area is 127 Å². The van der Waals surface area contributed by atoms with Gasteiger partial charge in [-0.05, 0) is 30.3 Å². The number of aromatic nitrogens is 1. The maximum absolute atomic E-state index is 12.2. The predicted molar refractivity (Wildman–Crippen MR) is 86.1 cm³/mol. The standard InChI is InChI=1S/C14H10BrN3OS/c15-8-5-6-10(16)9(7-8)13(19)18-14-17-11-3-1-2-4-12(11)20-14/h1-7H,16H2,(H,17,18,19). The van der Waals surface area contributed by atoms with Crippen LogP contribution in [0.25, 0.3) is 10.2 Å². The van der Waals surface area contributed by atoms with Gasteiger partial charge >= 0.3 is 0 Å². The van der Waals surface area contributed by atoms with Crippen molar-refractivity contribution in [1.29, 1.82) is 0 Å². The number of thiazole rings is 1. The third kappa shape index (κ3) is 2.52. The molecule has 0 aliphatic carbocycles. The predicted octanol–water partition coefficient (Wildman–Crippen LogP) is 3.89. The highest BCUT2D eigenvalue weighted by Gasteiger charge is 2.12. The fourth-order valence-electron chi connectivity index (χ4n) is 1.82. The summed E-state index contributed by atoms with van der Waals surface area (Å²) in [6.45, 7) is 0. The highest BCUT2D eigenvalue weighted by Crippen LogP contribution is 2.26. The highest BCUT2D eigenvalue weighted by molar-refractivity contribution is 9.10. The molecule has 20 heavy (non-hydrogen) atoms. The molecule has 0 aliphatic rings. The average molecular weight is 348 g/mol. The van der Waals surface area contributed by atoms with E-state index in [-0.39, 0.29) is 5.91 Å². The van der Waals surface area contributed by atoms with Gasteiger partial charge in [0.05, 0.1) is 15.8 Å². The van der Waals surface area contributed by atoms with Crippen LogP contribution in [0.5, 0.6) is 0 Å². The molecular formula is C14H10BrN3OS. The Morgan fingerprint density at radius 3 is 2.85 bits per heavy atom. The molecule has 1 aromatic heterocycles. The Morgan fingerprint density at radius 2 is 2.05 bits per heavy atom. The van der Waals surface area contributed by atoms with Crippen molar-refractivity contribution >= 4 is 54.2 Å². The van der Waals surface area contributed by atoms with E-state index in [2.05, 4.69) is 26.2 Å². The third-order valence-electron chi connectivity index (χ3n) is 2.77. The average Bonchev–Trinajstić information content (AvgIpc) is 2.83. The molecule has 0 saturated heterocycles. The van der Waals surface area contributed by atoms with Gasteiger partial charge in [-0.2, -0.15) is 0 Å². The van der Waals surface area contributed by atoms with Gasteiger partial charge in [0.25, 0.3) is 5.91 Å². The van der Waals surface area contributed by atoms with Crippen LogP contribution in [0.4, 0.5) is 10.8 Å². The van der Waals surface area contributed by atoms with Gasteiger partial charge in [-0.3, -0.25) is 10.1 Å². The van der Waals surface area contributed by atoms with Crippen LogP contribution in [0.3, 0.4) is 0 Å². The molecule has 0 saturated carbocycles. The number of benzene rings is 2. The largest absolute Gasteiger partial charge is 0.398 e. The summed E-state index contributed by atoms with van der Waals surface area (Å²) in [7, 11) is 0. The molecule has 0 atom stereocenters. The van der Waals surface area contributed by atoms with Crippen LogP contribution in [-0.4, -0.2) is 10.9 Å². The Hall–Kier alpha value is -1.92. The number of para-hydroxylation sites is 1. The first-order valence-electron chi connectivity index (χ1n) is 5.85. The number of nitrogens with one attached hydrogen (secondary N) is 1. The highest BCUT2D eigenvalue weighted by atomic mass is 79.9. The topological polar surface area (TPSA) is 68.0 Å². The summed E-state index contributed by atoms with van der Waals surface area (Å²) in [6, 6.07) is 12.9. The maximum Gasteiger partial charge on any atom is 0.259 e. The summed E-state index contributed by atoms with van der Waals surface area (Å²) in [5, 5.41) is 3.35. The minimum absolute atomic E-state index is 0.261. The molecule has 0 radical (unpaired) electrons. The normalized spacial score (nSPS) is 10.7. The second kappa shape index (κ2) is 5.22. The number of nitrogens with two attached hydrogens (primary N) is 1. The first-order chi connectivity index (χ1) is 9.63. The number of carbonyl (C=O) groups excluding carboxylic acids is 1. The van der Waals surface area contributed by atoms with Gasteiger partial charge in [0.1, 0.15) is 0 Å². The number of anilines is 2. The van der Waals surface area contributed by atoms with Crippen molar-refractivity contribution in [3.8, 4) is 0 Å². The van der Waals surface area contributed by atoms with E-state index >= 15 is 0 Å². The van der Waals surface area contributed by atoms with Crippen LogP contribution in [0.2, 0.25) is 0 Å². The number of carbonyl (C=O) groups is 1. The number of hydrogen-bond donors (Lipinski definition) is 2. The number of halogens is 1. The Kier molecular flexibility index (Phi) is 3.42. The Morgan fingerprint density at radius 1 is 1.25 bits per heavy atom. The van der Waals surface area contributed by atoms with Gasteiger partial charge in [0, 0.05) is 10.2 Å². The van der Waals surface area contributed by atoms with Crippen molar-refractivity contribution < 1.29 is 4.79 Å². The van der Waals surface area contributed by atoms with Crippen molar-refractivity contribution in [3.63, 3.8) is 0 Å². The van der Waals surface area contributed by atoms with Crippen LogP contribution in [0, 0.1) is 0 Å². The second-order valence-corrected chi connectivity index (χ2v) is 6.12.